The fourth-order valence-corrected chi connectivity index (χ4v) is 2.38. The molecule has 1 N–H and O–H groups in total. The number of hydrogen-bond acceptors (Lipinski definition) is 3. The summed E-state index contributed by atoms with van der Waals surface area (Å²) in [5.74, 6) is 1.44. The minimum absolute atomic E-state index is 0.264. The van der Waals surface area contributed by atoms with Crippen molar-refractivity contribution in [2.75, 3.05) is 5.43 Å². The highest BCUT2D eigenvalue weighted by atomic mass is 19.4. The molecule has 0 aliphatic rings. The highest BCUT2D eigenvalue weighted by Crippen LogP contribution is 2.30. The maximum Gasteiger partial charge on any atom is 0.416 e. The van der Waals surface area contributed by atoms with Crippen LogP contribution in [-0.4, -0.2) is 6.21 Å². The summed E-state index contributed by atoms with van der Waals surface area (Å²) in [5.41, 5.74) is 4.04. The monoisotopic (exact) mass is 370 g/mol. The van der Waals surface area contributed by atoms with Gasteiger partial charge < -0.3 is 4.74 Å². The molecule has 3 rings (SSSR count). The molecule has 0 aliphatic carbocycles. The Kier molecular flexibility index (Phi) is 5.45. The van der Waals surface area contributed by atoms with Crippen molar-refractivity contribution in [2.45, 2.75) is 13.1 Å². The van der Waals surface area contributed by atoms with Crippen LogP contribution in [0, 0.1) is 6.92 Å². The van der Waals surface area contributed by atoms with E-state index in [1.54, 1.807) is 12.1 Å². The van der Waals surface area contributed by atoms with E-state index in [0.29, 0.717) is 5.75 Å². The summed E-state index contributed by atoms with van der Waals surface area (Å²) >= 11 is 0. The van der Waals surface area contributed by atoms with Gasteiger partial charge in [0, 0.05) is 0 Å². The number of aryl methyl sites for hydroxylation is 1. The Morgan fingerprint density at radius 2 is 1.63 bits per heavy atom. The quantitative estimate of drug-likeness (QED) is 0.425. The van der Waals surface area contributed by atoms with Crippen molar-refractivity contribution in [3.8, 4) is 11.5 Å². The number of benzene rings is 3. The van der Waals surface area contributed by atoms with Gasteiger partial charge in [0.25, 0.3) is 0 Å². The molecule has 27 heavy (non-hydrogen) atoms. The van der Waals surface area contributed by atoms with Crippen molar-refractivity contribution in [2.24, 2.45) is 5.10 Å². The molecular formula is C21H17F3N2O. The number of halogens is 3. The van der Waals surface area contributed by atoms with Crippen LogP contribution in [0.15, 0.2) is 77.9 Å². The van der Waals surface area contributed by atoms with Gasteiger partial charge in [-0.2, -0.15) is 18.3 Å². The number of ether oxygens (including phenoxy) is 1. The summed E-state index contributed by atoms with van der Waals surface area (Å²) in [6.07, 6.45) is -2.86. The summed E-state index contributed by atoms with van der Waals surface area (Å²) in [4.78, 5) is 0. The molecule has 0 atom stereocenters. The van der Waals surface area contributed by atoms with Crippen LogP contribution < -0.4 is 10.2 Å². The standard InChI is InChI=1S/C21H17F3N2O/c1-15-4-2-7-20(12-15)27-19-10-8-16(9-11-19)14-25-26-18-6-3-5-17(13-18)21(22,23)24/h2-14,26H,1H3. The van der Waals surface area contributed by atoms with E-state index in [-0.39, 0.29) is 5.69 Å². The molecule has 138 valence electrons. The zero-order chi connectivity index (χ0) is 19.3. The minimum Gasteiger partial charge on any atom is -0.457 e. The van der Waals surface area contributed by atoms with Crippen molar-refractivity contribution < 1.29 is 17.9 Å². The van der Waals surface area contributed by atoms with Gasteiger partial charge in [-0.15, -0.1) is 0 Å². The van der Waals surface area contributed by atoms with E-state index in [9.17, 15) is 13.2 Å². The summed E-state index contributed by atoms with van der Waals surface area (Å²) in [6, 6.07) is 19.8. The van der Waals surface area contributed by atoms with Crippen molar-refractivity contribution >= 4 is 11.9 Å². The Morgan fingerprint density at radius 3 is 2.33 bits per heavy atom. The first-order valence-electron chi connectivity index (χ1n) is 8.21. The summed E-state index contributed by atoms with van der Waals surface area (Å²) in [5, 5.41) is 3.98. The summed E-state index contributed by atoms with van der Waals surface area (Å²) in [7, 11) is 0. The Bertz CT molecular complexity index is 935. The van der Waals surface area contributed by atoms with Crippen molar-refractivity contribution in [3.63, 3.8) is 0 Å². The number of hydrazone groups is 1. The number of hydrogen-bond donors (Lipinski definition) is 1. The van der Waals surface area contributed by atoms with E-state index in [1.807, 2.05) is 43.3 Å². The molecular weight excluding hydrogens is 353 g/mol. The first-order chi connectivity index (χ1) is 12.9. The highest BCUT2D eigenvalue weighted by Gasteiger charge is 2.30. The highest BCUT2D eigenvalue weighted by molar-refractivity contribution is 5.80. The first kappa shape index (κ1) is 18.5. The average Bonchev–Trinajstić information content (AvgIpc) is 2.63. The Labute approximate surface area is 155 Å². The summed E-state index contributed by atoms with van der Waals surface area (Å²) < 4.78 is 43.8. The van der Waals surface area contributed by atoms with E-state index in [1.165, 1.54) is 18.3 Å². The number of anilines is 1. The van der Waals surface area contributed by atoms with Crippen LogP contribution in [-0.2, 0) is 6.18 Å². The largest absolute Gasteiger partial charge is 0.457 e. The van der Waals surface area contributed by atoms with E-state index < -0.39 is 11.7 Å². The van der Waals surface area contributed by atoms with Crippen LogP contribution >= 0.6 is 0 Å². The Morgan fingerprint density at radius 1 is 0.889 bits per heavy atom. The summed E-state index contributed by atoms with van der Waals surface area (Å²) in [6.45, 7) is 1.99. The molecule has 0 saturated carbocycles. The molecule has 0 fully saturated rings. The molecule has 0 bridgehead atoms. The number of nitrogens with zero attached hydrogens (tertiary/aromatic N) is 1. The van der Waals surface area contributed by atoms with E-state index in [4.69, 9.17) is 4.74 Å². The minimum atomic E-state index is -4.38. The smallest absolute Gasteiger partial charge is 0.416 e. The zero-order valence-electron chi connectivity index (χ0n) is 14.5. The Balaban J connectivity index is 1.61. The second-order valence-electron chi connectivity index (χ2n) is 5.94. The lowest BCUT2D eigenvalue weighted by Gasteiger charge is -2.08. The third-order valence-corrected chi connectivity index (χ3v) is 3.70. The predicted molar refractivity (Wildman–Crippen MR) is 100 cm³/mol. The SMILES string of the molecule is Cc1cccc(Oc2ccc(C=NNc3cccc(C(F)(F)F)c3)cc2)c1. The molecule has 0 unspecified atom stereocenters. The molecule has 3 aromatic carbocycles. The van der Waals surface area contributed by atoms with Gasteiger partial charge in [-0.3, -0.25) is 5.43 Å². The molecule has 3 aromatic rings. The molecule has 0 heterocycles. The van der Waals surface area contributed by atoms with Crippen LogP contribution in [0.4, 0.5) is 18.9 Å². The predicted octanol–water partition coefficient (Wildman–Crippen LogP) is 6.25. The maximum atomic E-state index is 12.7. The third-order valence-electron chi connectivity index (χ3n) is 3.70. The van der Waals surface area contributed by atoms with E-state index >= 15 is 0 Å². The van der Waals surface area contributed by atoms with Crippen LogP contribution in [0.3, 0.4) is 0 Å². The van der Waals surface area contributed by atoms with Crippen molar-refractivity contribution in [1.82, 2.24) is 0 Å². The normalized spacial score (nSPS) is 11.6. The van der Waals surface area contributed by atoms with Gasteiger partial charge in [-0.1, -0.05) is 18.2 Å². The van der Waals surface area contributed by atoms with Crippen molar-refractivity contribution in [1.29, 1.82) is 0 Å². The zero-order valence-corrected chi connectivity index (χ0v) is 14.5. The van der Waals surface area contributed by atoms with Crippen LogP contribution in [0.5, 0.6) is 11.5 Å². The van der Waals surface area contributed by atoms with E-state index in [2.05, 4.69) is 10.5 Å². The topological polar surface area (TPSA) is 33.6 Å². The first-order valence-corrected chi connectivity index (χ1v) is 8.21. The number of nitrogens with one attached hydrogen (secondary N) is 1. The van der Waals surface area contributed by atoms with Gasteiger partial charge in [-0.05, 0) is 72.6 Å². The number of alkyl halides is 3. The molecule has 0 spiro atoms. The third kappa shape index (κ3) is 5.34. The molecule has 0 aliphatic heterocycles. The molecule has 0 aromatic heterocycles. The average molecular weight is 370 g/mol. The van der Waals surface area contributed by atoms with Crippen LogP contribution in [0.25, 0.3) is 0 Å². The second-order valence-corrected chi connectivity index (χ2v) is 5.94. The maximum absolute atomic E-state index is 12.7. The lowest BCUT2D eigenvalue weighted by Crippen LogP contribution is -2.05. The van der Waals surface area contributed by atoms with Gasteiger partial charge in [-0.25, -0.2) is 0 Å². The fourth-order valence-electron chi connectivity index (χ4n) is 2.38. The van der Waals surface area contributed by atoms with Crippen molar-refractivity contribution in [3.05, 3.63) is 89.5 Å². The molecule has 6 heteroatoms. The fraction of sp³-hybridized carbons (Fsp3) is 0.0952. The molecule has 3 nitrogen and oxygen atoms in total. The number of rotatable bonds is 5. The van der Waals surface area contributed by atoms with Crippen LogP contribution in [0.2, 0.25) is 0 Å². The van der Waals surface area contributed by atoms with Gasteiger partial charge >= 0.3 is 6.18 Å². The molecule has 0 amide bonds. The van der Waals surface area contributed by atoms with E-state index in [0.717, 1.165) is 29.0 Å². The lowest BCUT2D eigenvalue weighted by atomic mass is 10.2. The van der Waals surface area contributed by atoms with Gasteiger partial charge in [0.05, 0.1) is 17.5 Å². The Hall–Kier alpha value is -3.28. The van der Waals surface area contributed by atoms with Gasteiger partial charge in [0.1, 0.15) is 11.5 Å². The lowest BCUT2D eigenvalue weighted by molar-refractivity contribution is -0.137. The van der Waals surface area contributed by atoms with Crippen LogP contribution in [0.1, 0.15) is 16.7 Å². The molecule has 0 saturated heterocycles. The molecule has 0 radical (unpaired) electrons. The van der Waals surface area contributed by atoms with Gasteiger partial charge in [0.15, 0.2) is 0 Å². The van der Waals surface area contributed by atoms with Gasteiger partial charge in [0.2, 0.25) is 0 Å². The second kappa shape index (κ2) is 7.95.